The third kappa shape index (κ3) is 4.30. The van der Waals surface area contributed by atoms with Gasteiger partial charge in [-0.3, -0.25) is 4.79 Å². The van der Waals surface area contributed by atoms with Gasteiger partial charge in [0, 0.05) is 13.5 Å². The number of nitrogens with one attached hydrogen (secondary N) is 1. The first-order valence-electron chi connectivity index (χ1n) is 8.37. The van der Waals surface area contributed by atoms with Gasteiger partial charge in [-0.05, 0) is 51.7 Å². The number of carbonyl (C=O) groups is 1. The van der Waals surface area contributed by atoms with Crippen LogP contribution in [0.15, 0.2) is 23.7 Å². The maximum Gasteiger partial charge on any atom is 0.492 e. The highest BCUT2D eigenvalue weighted by atomic mass is 16.7. The molecular formula is C19H25BN2O3. The topological polar surface area (TPSA) is 71.4 Å². The zero-order valence-corrected chi connectivity index (χ0v) is 15.8. The Morgan fingerprint density at radius 3 is 2.40 bits per heavy atom. The predicted octanol–water partition coefficient (Wildman–Crippen LogP) is 3.02. The van der Waals surface area contributed by atoms with Crippen LogP contribution in [-0.2, 0) is 14.1 Å². The lowest BCUT2D eigenvalue weighted by molar-refractivity contribution is -0.118. The van der Waals surface area contributed by atoms with E-state index in [-0.39, 0.29) is 5.91 Å². The molecule has 132 valence electrons. The lowest BCUT2D eigenvalue weighted by atomic mass is 9.76. The van der Waals surface area contributed by atoms with Gasteiger partial charge >= 0.3 is 7.12 Å². The molecule has 1 amide bonds. The average molecular weight is 340 g/mol. The Hall–Kier alpha value is -2.10. The Kier molecular flexibility index (Phi) is 5.41. The van der Waals surface area contributed by atoms with E-state index < -0.39 is 18.3 Å². The van der Waals surface area contributed by atoms with Crippen LogP contribution in [0.4, 0.5) is 0 Å². The molecule has 25 heavy (non-hydrogen) atoms. The maximum atomic E-state index is 11.4. The van der Waals surface area contributed by atoms with Crippen molar-refractivity contribution in [1.29, 1.82) is 5.26 Å². The Balaban J connectivity index is 2.42. The molecule has 1 aliphatic rings. The van der Waals surface area contributed by atoms with Crippen molar-refractivity contribution < 1.29 is 14.1 Å². The van der Waals surface area contributed by atoms with Crippen LogP contribution in [0, 0.1) is 18.3 Å². The molecule has 0 aliphatic carbocycles. The molecule has 0 spiro atoms. The molecule has 1 aliphatic heterocycles. The molecule has 1 aromatic rings. The van der Waals surface area contributed by atoms with Gasteiger partial charge in [0.15, 0.2) is 0 Å². The van der Waals surface area contributed by atoms with Crippen molar-refractivity contribution in [3.05, 3.63) is 40.4 Å². The molecule has 0 saturated carbocycles. The first-order chi connectivity index (χ1) is 11.6. The lowest BCUT2D eigenvalue weighted by Crippen LogP contribution is -2.41. The molecule has 0 radical (unpaired) electrons. The summed E-state index contributed by atoms with van der Waals surface area (Å²) < 4.78 is 12.2. The van der Waals surface area contributed by atoms with E-state index in [2.05, 4.69) is 11.4 Å². The fraction of sp³-hybridized carbons (Fsp3) is 0.474. The summed E-state index contributed by atoms with van der Waals surface area (Å²) in [4.78, 5) is 11.4. The third-order valence-corrected chi connectivity index (χ3v) is 4.77. The SMILES string of the molecule is CC(=O)NCC(=Cc1cc(C)ccc1C#N)B1OC(C)(C)C(C)(C)O1. The molecule has 0 bridgehead atoms. The minimum atomic E-state index is -0.580. The van der Waals surface area contributed by atoms with Crippen LogP contribution in [0.5, 0.6) is 0 Å². The number of nitrogens with zero attached hydrogens (tertiary/aromatic N) is 1. The minimum absolute atomic E-state index is 0.132. The number of aryl methyl sites for hydroxylation is 1. The van der Waals surface area contributed by atoms with Gasteiger partial charge < -0.3 is 14.6 Å². The maximum absolute atomic E-state index is 11.4. The fourth-order valence-corrected chi connectivity index (χ4v) is 2.53. The summed E-state index contributed by atoms with van der Waals surface area (Å²) in [5, 5.41) is 12.2. The molecule has 1 saturated heterocycles. The molecule has 2 rings (SSSR count). The van der Waals surface area contributed by atoms with Crippen molar-refractivity contribution in [2.45, 2.75) is 52.7 Å². The second-order valence-corrected chi connectivity index (χ2v) is 7.42. The van der Waals surface area contributed by atoms with Crippen LogP contribution >= 0.6 is 0 Å². The molecule has 1 aromatic carbocycles. The zero-order valence-electron chi connectivity index (χ0n) is 15.8. The number of benzene rings is 1. The van der Waals surface area contributed by atoms with E-state index in [4.69, 9.17) is 9.31 Å². The molecule has 5 nitrogen and oxygen atoms in total. The number of hydrogen-bond acceptors (Lipinski definition) is 4. The Morgan fingerprint density at radius 2 is 1.88 bits per heavy atom. The van der Waals surface area contributed by atoms with Crippen LogP contribution < -0.4 is 5.32 Å². The number of hydrogen-bond donors (Lipinski definition) is 1. The van der Waals surface area contributed by atoms with Crippen LogP contribution in [-0.4, -0.2) is 30.8 Å². The van der Waals surface area contributed by atoms with Gasteiger partial charge in [0.25, 0.3) is 0 Å². The summed E-state index contributed by atoms with van der Waals surface area (Å²) in [7, 11) is -0.580. The van der Waals surface area contributed by atoms with Crippen LogP contribution in [0.25, 0.3) is 6.08 Å². The molecule has 0 aromatic heterocycles. The van der Waals surface area contributed by atoms with Crippen molar-refractivity contribution >= 4 is 19.1 Å². The van der Waals surface area contributed by atoms with Gasteiger partial charge in [0.1, 0.15) is 0 Å². The van der Waals surface area contributed by atoms with Crippen LogP contribution in [0.3, 0.4) is 0 Å². The van der Waals surface area contributed by atoms with E-state index in [1.807, 2.05) is 52.8 Å². The van der Waals surface area contributed by atoms with E-state index in [0.29, 0.717) is 12.1 Å². The first-order valence-corrected chi connectivity index (χ1v) is 8.37. The van der Waals surface area contributed by atoms with Crippen molar-refractivity contribution in [1.82, 2.24) is 5.32 Å². The Labute approximate surface area is 150 Å². The summed E-state index contributed by atoms with van der Waals surface area (Å²) in [6.45, 7) is 11.7. The zero-order chi connectivity index (χ0) is 18.8. The summed E-state index contributed by atoms with van der Waals surface area (Å²) in [5.74, 6) is -0.132. The van der Waals surface area contributed by atoms with E-state index in [9.17, 15) is 10.1 Å². The minimum Gasteiger partial charge on any atom is -0.400 e. The highest BCUT2D eigenvalue weighted by Crippen LogP contribution is 2.38. The molecular weight excluding hydrogens is 315 g/mol. The van der Waals surface area contributed by atoms with E-state index >= 15 is 0 Å². The van der Waals surface area contributed by atoms with Gasteiger partial charge in [-0.1, -0.05) is 23.8 Å². The molecule has 1 N–H and O–H groups in total. The second kappa shape index (κ2) is 7.03. The lowest BCUT2D eigenvalue weighted by Gasteiger charge is -2.32. The largest absolute Gasteiger partial charge is 0.492 e. The summed E-state index contributed by atoms with van der Waals surface area (Å²) in [6, 6.07) is 7.84. The van der Waals surface area contributed by atoms with E-state index in [0.717, 1.165) is 16.6 Å². The average Bonchev–Trinajstić information content (AvgIpc) is 2.71. The quantitative estimate of drug-likeness (QED) is 0.856. The second-order valence-electron chi connectivity index (χ2n) is 7.42. The van der Waals surface area contributed by atoms with Crippen molar-refractivity contribution in [3.63, 3.8) is 0 Å². The highest BCUT2D eigenvalue weighted by molar-refractivity contribution is 6.56. The Morgan fingerprint density at radius 1 is 1.28 bits per heavy atom. The normalized spacial score (nSPS) is 18.8. The van der Waals surface area contributed by atoms with Crippen molar-refractivity contribution in [2.24, 2.45) is 0 Å². The summed E-state index contributed by atoms with van der Waals surface area (Å²) >= 11 is 0. The van der Waals surface area contributed by atoms with Crippen molar-refractivity contribution in [3.8, 4) is 6.07 Å². The van der Waals surface area contributed by atoms with Crippen molar-refractivity contribution in [2.75, 3.05) is 6.54 Å². The monoisotopic (exact) mass is 340 g/mol. The van der Waals surface area contributed by atoms with Gasteiger partial charge in [-0.25, -0.2) is 0 Å². The Bertz CT molecular complexity index is 732. The fourth-order valence-electron chi connectivity index (χ4n) is 2.53. The van der Waals surface area contributed by atoms with E-state index in [1.165, 1.54) is 6.92 Å². The molecule has 0 unspecified atom stereocenters. The number of rotatable bonds is 4. The molecule has 1 fully saturated rings. The highest BCUT2D eigenvalue weighted by Gasteiger charge is 2.52. The van der Waals surface area contributed by atoms with Gasteiger partial charge in [-0.15, -0.1) is 0 Å². The third-order valence-electron chi connectivity index (χ3n) is 4.77. The van der Waals surface area contributed by atoms with Gasteiger partial charge in [0.2, 0.25) is 5.91 Å². The predicted molar refractivity (Wildman–Crippen MR) is 98.6 cm³/mol. The van der Waals surface area contributed by atoms with Gasteiger partial charge in [-0.2, -0.15) is 5.26 Å². The molecule has 6 heteroatoms. The van der Waals surface area contributed by atoms with Crippen LogP contribution in [0.1, 0.15) is 51.3 Å². The summed E-state index contributed by atoms with van der Waals surface area (Å²) in [6.07, 6.45) is 1.88. The smallest absolute Gasteiger partial charge is 0.400 e. The van der Waals surface area contributed by atoms with Gasteiger partial charge in [0.05, 0.1) is 22.8 Å². The standard InChI is InChI=1S/C19H25BN2O3/c1-13-7-8-15(11-21)16(9-13)10-17(12-22-14(2)23)20-24-18(3,4)19(5,6)25-20/h7-10H,12H2,1-6H3,(H,22,23). The number of carbonyl (C=O) groups excluding carboxylic acids is 1. The molecule has 0 atom stereocenters. The van der Waals surface area contributed by atoms with E-state index in [1.54, 1.807) is 6.07 Å². The van der Waals surface area contributed by atoms with Crippen LogP contribution in [0.2, 0.25) is 0 Å². The molecule has 1 heterocycles. The first kappa shape index (κ1) is 19.2. The number of nitriles is 1. The number of amides is 1. The summed E-state index contributed by atoms with van der Waals surface area (Å²) in [5.41, 5.74) is 2.24.